The van der Waals surface area contributed by atoms with Crippen LogP contribution in [-0.4, -0.2) is 11.9 Å². The molecule has 1 aliphatic carbocycles. The molecule has 0 aromatic heterocycles. The highest BCUT2D eigenvalue weighted by molar-refractivity contribution is 5.81. The number of hydrogen-bond donors (Lipinski definition) is 0. The fourth-order valence-electron chi connectivity index (χ4n) is 1.85. The Morgan fingerprint density at radius 2 is 2.12 bits per heavy atom. The number of nitrogens with zero attached hydrogens (tertiary/aromatic N) is 1. The Balaban J connectivity index is 1.95. The van der Waals surface area contributed by atoms with Crippen LogP contribution in [0.15, 0.2) is 24.3 Å². The monoisotopic (exact) mass is 215 g/mol. The third kappa shape index (κ3) is 2.60. The SMILES string of the molecule is N#CCc1ccc(OC2CCC(=O)C2)cc1. The third-order valence-electron chi connectivity index (χ3n) is 2.71. The lowest BCUT2D eigenvalue weighted by molar-refractivity contribution is -0.117. The Hall–Kier alpha value is -1.82. The van der Waals surface area contributed by atoms with Gasteiger partial charge in [-0.1, -0.05) is 12.1 Å². The molecule has 82 valence electrons. The van der Waals surface area contributed by atoms with Crippen molar-refractivity contribution < 1.29 is 9.53 Å². The molecule has 1 unspecified atom stereocenters. The summed E-state index contributed by atoms with van der Waals surface area (Å²) in [5.74, 6) is 1.06. The molecule has 0 heterocycles. The second-order valence-corrected chi connectivity index (χ2v) is 4.00. The Labute approximate surface area is 94.6 Å². The van der Waals surface area contributed by atoms with Gasteiger partial charge in [0.25, 0.3) is 0 Å². The van der Waals surface area contributed by atoms with Gasteiger partial charge in [0, 0.05) is 12.8 Å². The van der Waals surface area contributed by atoms with Gasteiger partial charge in [-0.05, 0) is 24.1 Å². The van der Waals surface area contributed by atoms with Crippen LogP contribution in [-0.2, 0) is 11.2 Å². The van der Waals surface area contributed by atoms with E-state index in [1.54, 1.807) is 0 Å². The normalized spacial score (nSPS) is 19.4. The van der Waals surface area contributed by atoms with E-state index in [0.29, 0.717) is 19.3 Å². The summed E-state index contributed by atoms with van der Waals surface area (Å²) in [5.41, 5.74) is 0.984. The number of hydrogen-bond acceptors (Lipinski definition) is 3. The molecule has 1 saturated carbocycles. The fraction of sp³-hybridized carbons (Fsp3) is 0.385. The maximum atomic E-state index is 11.1. The Morgan fingerprint density at radius 1 is 1.38 bits per heavy atom. The Kier molecular flexibility index (Phi) is 3.21. The van der Waals surface area contributed by atoms with Crippen molar-refractivity contribution in [2.45, 2.75) is 31.8 Å². The van der Waals surface area contributed by atoms with E-state index < -0.39 is 0 Å². The van der Waals surface area contributed by atoms with Crippen molar-refractivity contribution in [3.8, 4) is 11.8 Å². The van der Waals surface area contributed by atoms with E-state index in [4.69, 9.17) is 10.00 Å². The first kappa shape index (κ1) is 10.7. The molecule has 0 bridgehead atoms. The highest BCUT2D eigenvalue weighted by Crippen LogP contribution is 2.22. The van der Waals surface area contributed by atoms with Gasteiger partial charge < -0.3 is 4.74 Å². The molecule has 0 N–H and O–H groups in total. The zero-order chi connectivity index (χ0) is 11.4. The molecular weight excluding hydrogens is 202 g/mol. The maximum Gasteiger partial charge on any atom is 0.136 e. The van der Waals surface area contributed by atoms with Gasteiger partial charge in [0.15, 0.2) is 0 Å². The Bertz CT molecular complexity index is 417. The van der Waals surface area contributed by atoms with Crippen LogP contribution in [0.1, 0.15) is 24.8 Å². The number of Topliss-reactive ketones (excluding diaryl/α,β-unsaturated/α-hetero) is 1. The van der Waals surface area contributed by atoms with E-state index in [1.165, 1.54) is 0 Å². The summed E-state index contributed by atoms with van der Waals surface area (Å²) in [5, 5.41) is 8.53. The van der Waals surface area contributed by atoms with Gasteiger partial charge in [0.2, 0.25) is 0 Å². The van der Waals surface area contributed by atoms with Crippen LogP contribution in [0.5, 0.6) is 5.75 Å². The molecule has 0 aliphatic heterocycles. The van der Waals surface area contributed by atoms with E-state index in [-0.39, 0.29) is 11.9 Å². The summed E-state index contributed by atoms with van der Waals surface area (Å²) in [4.78, 5) is 11.1. The smallest absolute Gasteiger partial charge is 0.136 e. The van der Waals surface area contributed by atoms with E-state index >= 15 is 0 Å². The number of carbonyl (C=O) groups excluding carboxylic acids is 1. The molecule has 16 heavy (non-hydrogen) atoms. The average molecular weight is 215 g/mol. The third-order valence-corrected chi connectivity index (χ3v) is 2.71. The van der Waals surface area contributed by atoms with Gasteiger partial charge in [-0.15, -0.1) is 0 Å². The van der Waals surface area contributed by atoms with Crippen LogP contribution in [0.2, 0.25) is 0 Å². The molecule has 0 saturated heterocycles. The maximum absolute atomic E-state index is 11.1. The van der Waals surface area contributed by atoms with Crippen molar-refractivity contribution in [2.75, 3.05) is 0 Å². The van der Waals surface area contributed by atoms with E-state index in [2.05, 4.69) is 6.07 Å². The number of benzene rings is 1. The van der Waals surface area contributed by atoms with Crippen LogP contribution < -0.4 is 4.74 Å². The first-order valence-electron chi connectivity index (χ1n) is 5.42. The summed E-state index contributed by atoms with van der Waals surface area (Å²) in [7, 11) is 0. The summed E-state index contributed by atoms with van der Waals surface area (Å²) in [6.45, 7) is 0. The van der Waals surface area contributed by atoms with Crippen LogP contribution in [0.3, 0.4) is 0 Å². The van der Waals surface area contributed by atoms with Crippen LogP contribution in [0.25, 0.3) is 0 Å². The molecule has 1 aromatic rings. The van der Waals surface area contributed by atoms with Gasteiger partial charge in [-0.3, -0.25) is 4.79 Å². The molecule has 1 aliphatic rings. The topological polar surface area (TPSA) is 50.1 Å². The second kappa shape index (κ2) is 4.80. The molecule has 2 rings (SSSR count). The molecule has 3 heteroatoms. The largest absolute Gasteiger partial charge is 0.490 e. The number of nitriles is 1. The molecule has 1 aromatic carbocycles. The summed E-state index contributed by atoms with van der Waals surface area (Å²) in [6.07, 6.45) is 2.44. The van der Waals surface area contributed by atoms with E-state index in [0.717, 1.165) is 17.7 Å². The highest BCUT2D eigenvalue weighted by Gasteiger charge is 2.23. The van der Waals surface area contributed by atoms with Crippen molar-refractivity contribution in [3.05, 3.63) is 29.8 Å². The van der Waals surface area contributed by atoms with Gasteiger partial charge in [0.05, 0.1) is 12.5 Å². The molecule has 1 atom stereocenters. The predicted molar refractivity (Wildman–Crippen MR) is 59.0 cm³/mol. The molecular formula is C13H13NO2. The highest BCUT2D eigenvalue weighted by atomic mass is 16.5. The van der Waals surface area contributed by atoms with Crippen LogP contribution in [0, 0.1) is 11.3 Å². The zero-order valence-electron chi connectivity index (χ0n) is 8.98. The van der Waals surface area contributed by atoms with Gasteiger partial charge >= 0.3 is 0 Å². The first-order valence-corrected chi connectivity index (χ1v) is 5.42. The standard InChI is InChI=1S/C13H13NO2/c14-8-7-10-1-4-12(5-2-10)16-13-6-3-11(15)9-13/h1-2,4-5,13H,3,6-7,9H2. The number of rotatable bonds is 3. The number of ether oxygens (including phenoxy) is 1. The van der Waals surface area contributed by atoms with Crippen LogP contribution in [0.4, 0.5) is 0 Å². The van der Waals surface area contributed by atoms with Crippen molar-refractivity contribution >= 4 is 5.78 Å². The number of carbonyl (C=O) groups is 1. The lowest BCUT2D eigenvalue weighted by Gasteiger charge is -2.12. The minimum atomic E-state index is 0.0364. The van der Waals surface area contributed by atoms with Crippen molar-refractivity contribution in [3.63, 3.8) is 0 Å². The minimum Gasteiger partial charge on any atom is -0.490 e. The van der Waals surface area contributed by atoms with E-state index in [9.17, 15) is 4.79 Å². The minimum absolute atomic E-state index is 0.0364. The summed E-state index contributed by atoms with van der Waals surface area (Å²) in [6, 6.07) is 9.58. The molecule has 0 spiro atoms. The second-order valence-electron chi connectivity index (χ2n) is 4.00. The Morgan fingerprint density at radius 3 is 2.69 bits per heavy atom. The van der Waals surface area contributed by atoms with E-state index in [1.807, 2.05) is 24.3 Å². The van der Waals surface area contributed by atoms with Gasteiger partial charge in [-0.25, -0.2) is 0 Å². The van der Waals surface area contributed by atoms with Crippen LogP contribution >= 0.6 is 0 Å². The van der Waals surface area contributed by atoms with Crippen molar-refractivity contribution in [1.82, 2.24) is 0 Å². The summed E-state index contributed by atoms with van der Waals surface area (Å²) < 4.78 is 5.68. The predicted octanol–water partition coefficient (Wildman–Crippen LogP) is 2.25. The molecule has 1 fully saturated rings. The lowest BCUT2D eigenvalue weighted by Crippen LogP contribution is -2.11. The van der Waals surface area contributed by atoms with Crippen molar-refractivity contribution in [2.24, 2.45) is 0 Å². The lowest BCUT2D eigenvalue weighted by atomic mass is 10.1. The molecule has 0 radical (unpaired) electrons. The quantitative estimate of drug-likeness (QED) is 0.777. The molecule has 3 nitrogen and oxygen atoms in total. The number of ketones is 1. The van der Waals surface area contributed by atoms with Gasteiger partial charge in [-0.2, -0.15) is 5.26 Å². The zero-order valence-corrected chi connectivity index (χ0v) is 8.98. The molecule has 0 amide bonds. The average Bonchev–Trinajstić information content (AvgIpc) is 2.67. The van der Waals surface area contributed by atoms with Gasteiger partial charge in [0.1, 0.15) is 17.6 Å². The van der Waals surface area contributed by atoms with Crippen molar-refractivity contribution in [1.29, 1.82) is 5.26 Å². The summed E-state index contributed by atoms with van der Waals surface area (Å²) >= 11 is 0. The first-order chi connectivity index (χ1) is 7.78. The fourth-order valence-corrected chi connectivity index (χ4v) is 1.85.